The number of rotatable bonds is 3. The second-order valence-corrected chi connectivity index (χ2v) is 3.73. The fraction of sp³-hybridized carbons (Fsp3) is 0.364. The van der Waals surface area contributed by atoms with Gasteiger partial charge in [0.05, 0.1) is 12.8 Å². The van der Waals surface area contributed by atoms with E-state index < -0.39 is 0 Å². The van der Waals surface area contributed by atoms with E-state index in [0.717, 1.165) is 12.1 Å². The maximum Gasteiger partial charge on any atom is 0.317 e. The van der Waals surface area contributed by atoms with Crippen molar-refractivity contribution in [1.82, 2.24) is 10.2 Å². The molecule has 2 amide bonds. The molecule has 0 radical (unpaired) electrons. The van der Waals surface area contributed by atoms with E-state index in [2.05, 4.69) is 5.32 Å². The van der Waals surface area contributed by atoms with Gasteiger partial charge in [-0.3, -0.25) is 0 Å². The Morgan fingerprint density at radius 3 is 2.94 bits per heavy atom. The molecule has 0 aromatic heterocycles. The van der Waals surface area contributed by atoms with Crippen molar-refractivity contribution in [3.05, 3.63) is 23.8 Å². The Morgan fingerprint density at radius 1 is 1.56 bits per heavy atom. The van der Waals surface area contributed by atoms with Gasteiger partial charge < -0.3 is 20.7 Å². The van der Waals surface area contributed by atoms with E-state index in [1.807, 2.05) is 18.2 Å². The summed E-state index contributed by atoms with van der Waals surface area (Å²) >= 11 is 0. The van der Waals surface area contributed by atoms with E-state index >= 15 is 0 Å². The normalized spacial score (nSPS) is 15.1. The summed E-state index contributed by atoms with van der Waals surface area (Å²) < 4.78 is 5.07. The van der Waals surface area contributed by atoms with Crippen molar-refractivity contribution >= 4 is 11.7 Å². The van der Waals surface area contributed by atoms with Gasteiger partial charge in [0.25, 0.3) is 0 Å². The van der Waals surface area contributed by atoms with E-state index in [1.54, 1.807) is 12.0 Å². The monoisotopic (exact) mass is 221 g/mol. The average Bonchev–Trinajstić information content (AvgIpc) is 2.65. The summed E-state index contributed by atoms with van der Waals surface area (Å²) in [7, 11) is 1.58. The molecule has 0 bridgehead atoms. The predicted octanol–water partition coefficient (Wildman–Crippen LogP) is 0.803. The van der Waals surface area contributed by atoms with Crippen molar-refractivity contribution in [3.63, 3.8) is 0 Å². The Hall–Kier alpha value is -1.91. The van der Waals surface area contributed by atoms with Crippen molar-refractivity contribution in [2.75, 3.05) is 25.9 Å². The summed E-state index contributed by atoms with van der Waals surface area (Å²) in [6.45, 7) is 2.04. The van der Waals surface area contributed by atoms with Crippen LogP contribution in [0.2, 0.25) is 0 Å². The molecule has 0 aliphatic carbocycles. The third kappa shape index (κ3) is 2.03. The van der Waals surface area contributed by atoms with Gasteiger partial charge in [-0.05, 0) is 17.7 Å². The fourth-order valence-electron chi connectivity index (χ4n) is 1.76. The van der Waals surface area contributed by atoms with Gasteiger partial charge in [0, 0.05) is 19.6 Å². The molecule has 5 heteroatoms. The van der Waals surface area contributed by atoms with Gasteiger partial charge >= 0.3 is 6.03 Å². The Morgan fingerprint density at radius 2 is 2.38 bits per heavy atom. The quantitative estimate of drug-likeness (QED) is 0.742. The van der Waals surface area contributed by atoms with E-state index in [0.29, 0.717) is 24.5 Å². The number of benzene rings is 1. The van der Waals surface area contributed by atoms with Crippen LogP contribution < -0.4 is 15.8 Å². The lowest BCUT2D eigenvalue weighted by atomic mass is 10.2. The largest absolute Gasteiger partial charge is 0.495 e. The molecule has 1 fully saturated rings. The zero-order valence-electron chi connectivity index (χ0n) is 9.19. The molecule has 0 unspecified atom stereocenters. The lowest BCUT2D eigenvalue weighted by molar-refractivity contribution is 0.215. The van der Waals surface area contributed by atoms with Crippen LogP contribution in [-0.4, -0.2) is 31.1 Å². The fourth-order valence-corrected chi connectivity index (χ4v) is 1.76. The maximum absolute atomic E-state index is 11.3. The number of nitrogens with two attached hydrogens (primary N) is 1. The summed E-state index contributed by atoms with van der Waals surface area (Å²) in [5.74, 6) is 0.662. The highest BCUT2D eigenvalue weighted by atomic mass is 16.5. The Balaban J connectivity index is 2.10. The number of methoxy groups -OCH3 is 1. The lowest BCUT2D eigenvalue weighted by Gasteiger charge is -2.15. The number of carbonyl (C=O) groups excluding carboxylic acids is 1. The summed E-state index contributed by atoms with van der Waals surface area (Å²) in [4.78, 5) is 13.1. The molecule has 1 heterocycles. The summed E-state index contributed by atoms with van der Waals surface area (Å²) in [5.41, 5.74) is 7.40. The second-order valence-electron chi connectivity index (χ2n) is 3.73. The smallest absolute Gasteiger partial charge is 0.317 e. The maximum atomic E-state index is 11.3. The van der Waals surface area contributed by atoms with Crippen LogP contribution in [0.5, 0.6) is 5.75 Å². The molecule has 86 valence electrons. The molecule has 0 spiro atoms. The number of nitrogens with one attached hydrogen (secondary N) is 1. The molecule has 1 aliphatic heterocycles. The number of carbonyl (C=O) groups is 1. The van der Waals surface area contributed by atoms with Crippen molar-refractivity contribution in [1.29, 1.82) is 0 Å². The van der Waals surface area contributed by atoms with E-state index in [1.165, 1.54) is 0 Å². The third-order valence-electron chi connectivity index (χ3n) is 2.61. The Bertz CT molecular complexity index is 406. The Kier molecular flexibility index (Phi) is 2.85. The highest BCUT2D eigenvalue weighted by molar-refractivity contribution is 5.76. The van der Waals surface area contributed by atoms with Crippen LogP contribution in [0, 0.1) is 0 Å². The zero-order valence-corrected chi connectivity index (χ0v) is 9.19. The third-order valence-corrected chi connectivity index (χ3v) is 2.61. The standard InChI is InChI=1S/C11H15N3O2/c1-16-10-3-2-8(6-9(10)12)7-14-5-4-13-11(14)15/h2-3,6H,4-5,7,12H2,1H3,(H,13,15). The number of hydrogen-bond acceptors (Lipinski definition) is 3. The number of nitrogen functional groups attached to an aromatic ring is 1. The molecule has 3 N–H and O–H groups in total. The van der Waals surface area contributed by atoms with Crippen molar-refractivity contribution < 1.29 is 9.53 Å². The van der Waals surface area contributed by atoms with E-state index in [9.17, 15) is 4.79 Å². The predicted molar refractivity (Wildman–Crippen MR) is 61.2 cm³/mol. The van der Waals surface area contributed by atoms with Gasteiger partial charge in [-0.15, -0.1) is 0 Å². The number of anilines is 1. The minimum absolute atomic E-state index is 0.0191. The first-order valence-electron chi connectivity index (χ1n) is 5.16. The van der Waals surface area contributed by atoms with Gasteiger partial charge in [-0.2, -0.15) is 0 Å². The summed E-state index contributed by atoms with van der Waals surface area (Å²) in [5, 5.41) is 2.76. The minimum atomic E-state index is -0.0191. The van der Waals surface area contributed by atoms with E-state index in [4.69, 9.17) is 10.5 Å². The summed E-state index contributed by atoms with van der Waals surface area (Å²) in [6.07, 6.45) is 0. The van der Waals surface area contributed by atoms with Gasteiger partial charge in [0.1, 0.15) is 5.75 Å². The minimum Gasteiger partial charge on any atom is -0.495 e. The van der Waals surface area contributed by atoms with Crippen molar-refractivity contribution in [2.24, 2.45) is 0 Å². The number of amides is 2. The van der Waals surface area contributed by atoms with Crippen LogP contribution in [-0.2, 0) is 6.54 Å². The first-order valence-corrected chi connectivity index (χ1v) is 5.16. The molecule has 16 heavy (non-hydrogen) atoms. The highest BCUT2D eigenvalue weighted by Crippen LogP contribution is 2.22. The van der Waals surface area contributed by atoms with Crippen LogP contribution in [0.3, 0.4) is 0 Å². The number of ether oxygens (including phenoxy) is 1. The average molecular weight is 221 g/mol. The first-order chi connectivity index (χ1) is 7.70. The first kappa shape index (κ1) is 10.6. The number of nitrogens with zero attached hydrogens (tertiary/aromatic N) is 1. The Labute approximate surface area is 94.2 Å². The van der Waals surface area contributed by atoms with Gasteiger partial charge in [0.15, 0.2) is 0 Å². The van der Waals surface area contributed by atoms with Crippen molar-refractivity contribution in [2.45, 2.75) is 6.54 Å². The molecule has 1 aromatic rings. The molecule has 1 aliphatic rings. The highest BCUT2D eigenvalue weighted by Gasteiger charge is 2.19. The van der Waals surface area contributed by atoms with Crippen molar-refractivity contribution in [3.8, 4) is 5.75 Å². The van der Waals surface area contributed by atoms with Crippen LogP contribution >= 0.6 is 0 Å². The molecular weight excluding hydrogens is 206 g/mol. The van der Waals surface area contributed by atoms with E-state index in [-0.39, 0.29) is 6.03 Å². The van der Waals surface area contributed by atoms with Gasteiger partial charge in [-0.25, -0.2) is 4.79 Å². The van der Waals surface area contributed by atoms with Crippen LogP contribution in [0.15, 0.2) is 18.2 Å². The topological polar surface area (TPSA) is 67.6 Å². The van der Waals surface area contributed by atoms with Crippen LogP contribution in [0.25, 0.3) is 0 Å². The molecule has 1 aromatic carbocycles. The molecule has 1 saturated heterocycles. The molecular formula is C11H15N3O2. The number of urea groups is 1. The summed E-state index contributed by atoms with van der Waals surface area (Å²) in [6, 6.07) is 5.55. The molecule has 0 saturated carbocycles. The molecule has 5 nitrogen and oxygen atoms in total. The van der Waals surface area contributed by atoms with Crippen LogP contribution in [0.4, 0.5) is 10.5 Å². The zero-order chi connectivity index (χ0) is 11.5. The SMILES string of the molecule is COc1ccc(CN2CCNC2=O)cc1N. The molecule has 2 rings (SSSR count). The second kappa shape index (κ2) is 4.30. The molecule has 0 atom stereocenters. The number of hydrogen-bond donors (Lipinski definition) is 2. The van der Waals surface area contributed by atoms with Gasteiger partial charge in [0.2, 0.25) is 0 Å². The lowest BCUT2D eigenvalue weighted by Crippen LogP contribution is -2.27. The van der Waals surface area contributed by atoms with Crippen LogP contribution in [0.1, 0.15) is 5.56 Å². The van der Waals surface area contributed by atoms with Gasteiger partial charge in [-0.1, -0.05) is 6.07 Å².